The van der Waals surface area contributed by atoms with E-state index in [0.29, 0.717) is 34.0 Å². The highest BCUT2D eigenvalue weighted by Crippen LogP contribution is 2.38. The lowest BCUT2D eigenvalue weighted by molar-refractivity contribution is 0.189. The maximum atomic E-state index is 9.72. The van der Waals surface area contributed by atoms with Crippen molar-refractivity contribution < 1.29 is 14.4 Å². The smallest absolute Gasteiger partial charge is 0.229 e. The van der Waals surface area contributed by atoms with Crippen LogP contribution in [0.5, 0.6) is 5.75 Å². The monoisotopic (exact) mass is 294 g/mol. The van der Waals surface area contributed by atoms with Gasteiger partial charge in [-0.25, -0.2) is 0 Å². The van der Waals surface area contributed by atoms with E-state index in [4.69, 9.17) is 20.9 Å². The van der Waals surface area contributed by atoms with Crippen molar-refractivity contribution in [1.29, 1.82) is 0 Å². The number of rotatable bonds is 5. The first-order chi connectivity index (χ1) is 9.63. The Morgan fingerprint density at radius 1 is 1.50 bits per heavy atom. The Bertz CT molecular complexity index is 608. The van der Waals surface area contributed by atoms with E-state index in [-0.39, 0.29) is 6.61 Å². The third kappa shape index (κ3) is 2.94. The number of aliphatic hydroxyl groups excluding tert-OH is 1. The summed E-state index contributed by atoms with van der Waals surface area (Å²) in [5.41, 5.74) is 0.642. The first-order valence-electron chi connectivity index (χ1n) is 6.56. The van der Waals surface area contributed by atoms with Crippen LogP contribution in [-0.4, -0.2) is 15.2 Å². The van der Waals surface area contributed by atoms with E-state index in [9.17, 15) is 5.11 Å². The molecular formula is C14H15ClN2O3. The SMILES string of the molecule is C[C@H](O)c1cc(Cl)ccc1OCc1noc(C2CC2)n1. The lowest BCUT2D eigenvalue weighted by atomic mass is 10.1. The molecule has 0 saturated heterocycles. The number of ether oxygens (including phenoxy) is 1. The molecule has 1 N–H and O–H groups in total. The van der Waals surface area contributed by atoms with Gasteiger partial charge in [-0.05, 0) is 38.0 Å². The number of halogens is 1. The van der Waals surface area contributed by atoms with Gasteiger partial charge in [-0.3, -0.25) is 0 Å². The molecule has 0 aliphatic heterocycles. The van der Waals surface area contributed by atoms with Gasteiger partial charge in [-0.2, -0.15) is 4.98 Å². The molecule has 0 bridgehead atoms. The van der Waals surface area contributed by atoms with Crippen LogP contribution in [0.1, 0.15) is 49.1 Å². The second kappa shape index (κ2) is 5.42. The molecule has 1 aromatic carbocycles. The number of benzene rings is 1. The first kappa shape index (κ1) is 13.4. The van der Waals surface area contributed by atoms with Gasteiger partial charge in [0.15, 0.2) is 6.61 Å². The van der Waals surface area contributed by atoms with Gasteiger partial charge in [-0.1, -0.05) is 16.8 Å². The Morgan fingerprint density at radius 2 is 2.30 bits per heavy atom. The van der Waals surface area contributed by atoms with Crippen molar-refractivity contribution in [3.63, 3.8) is 0 Å². The quantitative estimate of drug-likeness (QED) is 0.917. The summed E-state index contributed by atoms with van der Waals surface area (Å²) in [4.78, 5) is 4.29. The van der Waals surface area contributed by atoms with Gasteiger partial charge in [0.2, 0.25) is 11.7 Å². The minimum absolute atomic E-state index is 0.206. The molecule has 2 aromatic rings. The average Bonchev–Trinajstić information content (AvgIpc) is 3.17. The topological polar surface area (TPSA) is 68.4 Å². The minimum Gasteiger partial charge on any atom is -0.485 e. The predicted molar refractivity (Wildman–Crippen MR) is 72.7 cm³/mol. The molecule has 3 rings (SSSR count). The number of aliphatic hydroxyl groups is 1. The summed E-state index contributed by atoms with van der Waals surface area (Å²) in [6.07, 6.45) is 1.58. The van der Waals surface area contributed by atoms with Gasteiger partial charge in [0.1, 0.15) is 5.75 Å². The van der Waals surface area contributed by atoms with Crippen molar-refractivity contribution in [2.75, 3.05) is 0 Å². The molecule has 0 radical (unpaired) electrons. The summed E-state index contributed by atoms with van der Waals surface area (Å²) in [5.74, 6) is 2.20. The molecule has 1 aliphatic rings. The van der Waals surface area contributed by atoms with Crippen molar-refractivity contribution in [3.8, 4) is 5.75 Å². The van der Waals surface area contributed by atoms with Crippen molar-refractivity contribution in [3.05, 3.63) is 40.5 Å². The second-order valence-electron chi connectivity index (χ2n) is 4.97. The van der Waals surface area contributed by atoms with E-state index in [1.165, 1.54) is 0 Å². The molecule has 0 spiro atoms. The van der Waals surface area contributed by atoms with Crippen LogP contribution in [-0.2, 0) is 6.61 Å². The van der Waals surface area contributed by atoms with Gasteiger partial charge in [-0.15, -0.1) is 0 Å². The van der Waals surface area contributed by atoms with E-state index in [1.54, 1.807) is 25.1 Å². The van der Waals surface area contributed by atoms with Crippen LogP contribution < -0.4 is 4.74 Å². The molecular weight excluding hydrogens is 280 g/mol. The Labute approximate surface area is 121 Å². The van der Waals surface area contributed by atoms with Crippen LogP contribution in [0, 0.1) is 0 Å². The molecule has 1 aromatic heterocycles. The maximum absolute atomic E-state index is 9.72. The van der Waals surface area contributed by atoms with Crippen LogP contribution in [0.4, 0.5) is 0 Å². The number of hydrogen-bond acceptors (Lipinski definition) is 5. The first-order valence-corrected chi connectivity index (χ1v) is 6.94. The molecule has 1 heterocycles. The fourth-order valence-electron chi connectivity index (χ4n) is 1.94. The summed E-state index contributed by atoms with van der Waals surface area (Å²) in [6, 6.07) is 5.13. The van der Waals surface area contributed by atoms with E-state index < -0.39 is 6.10 Å². The van der Waals surface area contributed by atoms with Crippen molar-refractivity contribution in [2.24, 2.45) is 0 Å². The van der Waals surface area contributed by atoms with Crippen LogP contribution >= 0.6 is 11.6 Å². The van der Waals surface area contributed by atoms with Crippen LogP contribution in [0.3, 0.4) is 0 Å². The molecule has 1 aliphatic carbocycles. The Balaban J connectivity index is 1.70. The average molecular weight is 295 g/mol. The Morgan fingerprint density at radius 3 is 3.00 bits per heavy atom. The van der Waals surface area contributed by atoms with Crippen LogP contribution in [0.15, 0.2) is 22.7 Å². The molecule has 1 atom stereocenters. The summed E-state index contributed by atoms with van der Waals surface area (Å²) >= 11 is 5.92. The predicted octanol–water partition coefficient (Wildman–Crippen LogP) is 3.23. The maximum Gasteiger partial charge on any atom is 0.229 e. The molecule has 1 saturated carbocycles. The zero-order valence-corrected chi connectivity index (χ0v) is 11.8. The van der Waals surface area contributed by atoms with Crippen LogP contribution in [0.25, 0.3) is 0 Å². The molecule has 0 unspecified atom stereocenters. The fourth-order valence-corrected chi connectivity index (χ4v) is 2.12. The van der Waals surface area contributed by atoms with Gasteiger partial charge >= 0.3 is 0 Å². The molecule has 5 nitrogen and oxygen atoms in total. The normalized spacial score (nSPS) is 16.1. The summed E-state index contributed by atoms with van der Waals surface area (Å²) in [6.45, 7) is 1.87. The summed E-state index contributed by atoms with van der Waals surface area (Å²) < 4.78 is 10.8. The van der Waals surface area contributed by atoms with Gasteiger partial charge in [0.05, 0.1) is 6.10 Å². The standard InChI is InChI=1S/C14H15ClN2O3/c1-8(18)11-6-10(15)4-5-12(11)19-7-13-16-14(20-17-13)9-2-3-9/h4-6,8-9,18H,2-3,7H2,1H3/t8-/m0/s1. The van der Waals surface area contributed by atoms with Crippen LogP contribution in [0.2, 0.25) is 5.02 Å². The molecule has 0 amide bonds. The zero-order valence-electron chi connectivity index (χ0n) is 11.0. The summed E-state index contributed by atoms with van der Waals surface area (Å²) in [7, 11) is 0. The van der Waals surface area contributed by atoms with Gasteiger partial charge in [0.25, 0.3) is 0 Å². The molecule has 1 fully saturated rings. The molecule has 20 heavy (non-hydrogen) atoms. The highest BCUT2D eigenvalue weighted by Gasteiger charge is 2.29. The third-order valence-corrected chi connectivity index (χ3v) is 3.42. The van der Waals surface area contributed by atoms with Gasteiger partial charge in [0, 0.05) is 16.5 Å². The third-order valence-electron chi connectivity index (χ3n) is 3.19. The number of nitrogens with zero attached hydrogens (tertiary/aromatic N) is 2. The largest absolute Gasteiger partial charge is 0.485 e. The highest BCUT2D eigenvalue weighted by molar-refractivity contribution is 6.30. The highest BCUT2D eigenvalue weighted by atomic mass is 35.5. The summed E-state index contributed by atoms with van der Waals surface area (Å²) in [5, 5.41) is 14.2. The Kier molecular flexibility index (Phi) is 3.63. The van der Waals surface area contributed by atoms with Crippen molar-refractivity contribution >= 4 is 11.6 Å². The molecule has 106 valence electrons. The molecule has 6 heteroatoms. The van der Waals surface area contributed by atoms with Gasteiger partial charge < -0.3 is 14.4 Å². The minimum atomic E-state index is -0.656. The van der Waals surface area contributed by atoms with E-state index >= 15 is 0 Å². The van der Waals surface area contributed by atoms with Crippen molar-refractivity contribution in [2.45, 2.75) is 38.4 Å². The second-order valence-corrected chi connectivity index (χ2v) is 5.41. The van der Waals surface area contributed by atoms with E-state index in [2.05, 4.69) is 10.1 Å². The Hall–Kier alpha value is -1.59. The van der Waals surface area contributed by atoms with E-state index in [0.717, 1.165) is 12.8 Å². The lowest BCUT2D eigenvalue weighted by Crippen LogP contribution is -2.02. The van der Waals surface area contributed by atoms with Crippen molar-refractivity contribution in [1.82, 2.24) is 10.1 Å². The van der Waals surface area contributed by atoms with E-state index in [1.807, 2.05) is 0 Å². The number of hydrogen-bond donors (Lipinski definition) is 1. The fraction of sp³-hybridized carbons (Fsp3) is 0.429. The zero-order chi connectivity index (χ0) is 14.1. The lowest BCUT2D eigenvalue weighted by Gasteiger charge is -2.12. The number of aromatic nitrogens is 2.